The van der Waals surface area contributed by atoms with Crippen molar-refractivity contribution < 1.29 is 29.0 Å². The number of ether oxygens (including phenoxy) is 2. The first kappa shape index (κ1) is 31.5. The molecule has 0 aromatic heterocycles. The summed E-state index contributed by atoms with van der Waals surface area (Å²) in [6.45, 7) is 0.374. The Labute approximate surface area is 263 Å². The van der Waals surface area contributed by atoms with Gasteiger partial charge in [0.05, 0.1) is 43.5 Å². The molecule has 0 bridgehead atoms. The van der Waals surface area contributed by atoms with E-state index < -0.39 is 30.1 Å². The number of nitrogens with zero attached hydrogens (tertiary/aromatic N) is 2. The number of methoxy groups -OCH3 is 2. The lowest BCUT2D eigenvalue weighted by molar-refractivity contribution is -0.0453. The molecule has 8 heteroatoms. The van der Waals surface area contributed by atoms with Gasteiger partial charge in [-0.25, -0.2) is 14.4 Å². The van der Waals surface area contributed by atoms with Gasteiger partial charge in [-0.15, -0.1) is 0 Å². The van der Waals surface area contributed by atoms with Crippen LogP contribution >= 0.6 is 0 Å². The molecule has 0 spiro atoms. The maximum atomic E-state index is 14.6. The van der Waals surface area contributed by atoms with Gasteiger partial charge in [-0.1, -0.05) is 84.9 Å². The van der Waals surface area contributed by atoms with Crippen LogP contribution in [0, 0.1) is 0 Å². The molecule has 1 saturated heterocycles. The summed E-state index contributed by atoms with van der Waals surface area (Å²) in [6.07, 6.45) is 0.787. The highest BCUT2D eigenvalue weighted by Gasteiger charge is 2.45. The molecular weight excluding hydrogens is 568 g/mol. The van der Waals surface area contributed by atoms with Crippen LogP contribution in [0.5, 0.6) is 0 Å². The monoisotopic (exact) mass is 606 g/mol. The topological polar surface area (TPSA) is 96.4 Å². The first-order valence-electron chi connectivity index (χ1n) is 15.1. The Bertz CT molecular complexity index is 1610. The van der Waals surface area contributed by atoms with Crippen molar-refractivity contribution in [2.45, 2.75) is 50.5 Å². The van der Waals surface area contributed by atoms with E-state index in [1.54, 1.807) is 46.2 Å². The Balaban J connectivity index is 1.53. The zero-order chi connectivity index (χ0) is 31.8. The van der Waals surface area contributed by atoms with Gasteiger partial charge in [0.2, 0.25) is 0 Å². The largest absolute Gasteiger partial charge is 0.465 e. The van der Waals surface area contributed by atoms with Gasteiger partial charge in [0.1, 0.15) is 0 Å². The van der Waals surface area contributed by atoms with E-state index in [4.69, 9.17) is 9.47 Å². The standard InChI is InChI=1S/C37H38N2O6/c1-44-35(41)30-17-9-15-28(21-30)24-38-32(20-19-26-11-5-3-6-12-26)34(40)33(23-27-13-7-4-8-14-27)39(37(38)43)25-29-16-10-18-31(22-29)36(42)45-2/h3-18,21-22,32-34,40H,19-20,23-25H2,1-2H3/t32-,33-,34-/m1/s1. The third-order valence-corrected chi connectivity index (χ3v) is 8.34. The fourth-order valence-corrected chi connectivity index (χ4v) is 6.04. The van der Waals surface area contributed by atoms with Crippen LogP contribution in [-0.2, 0) is 35.4 Å². The van der Waals surface area contributed by atoms with Crippen molar-refractivity contribution in [1.29, 1.82) is 0 Å². The maximum absolute atomic E-state index is 14.6. The number of aliphatic hydroxyl groups is 1. The number of amides is 2. The molecule has 1 aliphatic heterocycles. The molecule has 232 valence electrons. The fraction of sp³-hybridized carbons (Fsp3) is 0.270. The molecule has 0 unspecified atom stereocenters. The van der Waals surface area contributed by atoms with Crippen molar-refractivity contribution in [3.8, 4) is 0 Å². The zero-order valence-electron chi connectivity index (χ0n) is 25.5. The third kappa shape index (κ3) is 7.59. The molecule has 2 amide bonds. The van der Waals surface area contributed by atoms with Crippen LogP contribution in [0.4, 0.5) is 4.79 Å². The molecule has 45 heavy (non-hydrogen) atoms. The summed E-state index contributed by atoms with van der Waals surface area (Å²) >= 11 is 0. The van der Waals surface area contributed by atoms with Gasteiger partial charge in [0, 0.05) is 13.1 Å². The van der Waals surface area contributed by atoms with Crippen LogP contribution in [0.25, 0.3) is 0 Å². The van der Waals surface area contributed by atoms with Crippen molar-refractivity contribution in [1.82, 2.24) is 9.80 Å². The third-order valence-electron chi connectivity index (χ3n) is 8.34. The summed E-state index contributed by atoms with van der Waals surface area (Å²) in [5.74, 6) is -0.923. The van der Waals surface area contributed by atoms with Crippen LogP contribution in [0.15, 0.2) is 109 Å². The number of esters is 2. The Hall–Kier alpha value is -4.95. The fourth-order valence-electron chi connectivity index (χ4n) is 6.04. The van der Waals surface area contributed by atoms with Crippen LogP contribution in [0.1, 0.15) is 49.4 Å². The number of carbonyl (C=O) groups is 3. The molecule has 4 aromatic rings. The van der Waals surface area contributed by atoms with E-state index in [2.05, 4.69) is 0 Å². The number of carbonyl (C=O) groups excluding carboxylic acids is 3. The number of aryl methyl sites for hydroxylation is 1. The molecule has 1 heterocycles. The first-order valence-corrected chi connectivity index (χ1v) is 15.1. The summed E-state index contributed by atoms with van der Waals surface area (Å²) in [4.78, 5) is 42.6. The smallest absolute Gasteiger partial charge is 0.337 e. The molecule has 1 fully saturated rings. The summed E-state index contributed by atoms with van der Waals surface area (Å²) in [5, 5.41) is 12.2. The summed E-state index contributed by atoms with van der Waals surface area (Å²) in [7, 11) is 2.66. The van der Waals surface area contributed by atoms with E-state index in [1.165, 1.54) is 14.2 Å². The number of rotatable bonds is 11. The number of benzene rings is 4. The minimum Gasteiger partial charge on any atom is -0.465 e. The van der Waals surface area contributed by atoms with Gasteiger partial charge < -0.3 is 24.4 Å². The van der Waals surface area contributed by atoms with E-state index in [0.29, 0.717) is 30.4 Å². The van der Waals surface area contributed by atoms with Crippen molar-refractivity contribution >= 4 is 18.0 Å². The minimum atomic E-state index is -0.890. The Kier molecular flexibility index (Phi) is 10.3. The highest BCUT2D eigenvalue weighted by molar-refractivity contribution is 5.90. The van der Waals surface area contributed by atoms with Crippen molar-refractivity contribution in [2.75, 3.05) is 14.2 Å². The average Bonchev–Trinajstić information content (AvgIpc) is 3.08. The second-order valence-corrected chi connectivity index (χ2v) is 11.3. The maximum Gasteiger partial charge on any atom is 0.337 e. The molecule has 0 saturated carbocycles. The van der Waals surface area contributed by atoms with E-state index in [0.717, 1.165) is 22.3 Å². The lowest BCUT2D eigenvalue weighted by Crippen LogP contribution is -2.66. The molecule has 5 rings (SSSR count). The zero-order valence-corrected chi connectivity index (χ0v) is 25.5. The SMILES string of the molecule is COC(=O)c1cccc(CN2C(=O)N(Cc3cccc(C(=O)OC)c3)[C@H](Cc3ccccc3)[C@H](O)[C@H]2CCc2ccccc2)c1. The Morgan fingerprint density at radius 1 is 0.644 bits per heavy atom. The van der Waals surface area contributed by atoms with Crippen LogP contribution < -0.4 is 0 Å². The van der Waals surface area contributed by atoms with E-state index in [1.807, 2.05) is 72.8 Å². The second-order valence-electron chi connectivity index (χ2n) is 11.3. The number of aliphatic hydroxyl groups excluding tert-OH is 1. The van der Waals surface area contributed by atoms with Gasteiger partial charge in [-0.2, -0.15) is 0 Å². The van der Waals surface area contributed by atoms with E-state index in [-0.39, 0.29) is 19.1 Å². The van der Waals surface area contributed by atoms with Gasteiger partial charge in [-0.05, 0) is 65.8 Å². The molecular formula is C37H38N2O6. The van der Waals surface area contributed by atoms with E-state index >= 15 is 0 Å². The number of hydrogen-bond donors (Lipinski definition) is 1. The quantitative estimate of drug-likeness (QED) is 0.221. The van der Waals surface area contributed by atoms with Gasteiger partial charge in [0.25, 0.3) is 0 Å². The molecule has 1 aliphatic rings. The molecule has 0 radical (unpaired) electrons. The van der Waals surface area contributed by atoms with Gasteiger partial charge in [0.15, 0.2) is 0 Å². The van der Waals surface area contributed by atoms with Crippen LogP contribution in [0.3, 0.4) is 0 Å². The van der Waals surface area contributed by atoms with E-state index in [9.17, 15) is 19.5 Å². The lowest BCUT2D eigenvalue weighted by Gasteiger charge is -2.49. The normalized spacial score (nSPS) is 18.0. The molecule has 3 atom stereocenters. The summed E-state index contributed by atoms with van der Waals surface area (Å²) in [5.41, 5.74) is 4.38. The number of hydrogen-bond acceptors (Lipinski definition) is 6. The summed E-state index contributed by atoms with van der Waals surface area (Å²) in [6, 6.07) is 32.6. The predicted octanol–water partition coefficient (Wildman–Crippen LogP) is 5.67. The highest BCUT2D eigenvalue weighted by atomic mass is 16.5. The Morgan fingerprint density at radius 3 is 1.62 bits per heavy atom. The molecule has 1 N–H and O–H groups in total. The van der Waals surface area contributed by atoms with Crippen LogP contribution in [-0.4, -0.2) is 65.3 Å². The first-order chi connectivity index (χ1) is 21.9. The average molecular weight is 607 g/mol. The second kappa shape index (κ2) is 14.7. The van der Waals surface area contributed by atoms with Crippen molar-refractivity contribution in [3.63, 3.8) is 0 Å². The molecule has 4 aromatic carbocycles. The number of urea groups is 1. The van der Waals surface area contributed by atoms with Gasteiger partial charge in [-0.3, -0.25) is 0 Å². The predicted molar refractivity (Wildman–Crippen MR) is 171 cm³/mol. The molecule has 8 nitrogen and oxygen atoms in total. The Morgan fingerprint density at radius 2 is 1.11 bits per heavy atom. The van der Waals surface area contributed by atoms with Crippen molar-refractivity contribution in [2.24, 2.45) is 0 Å². The highest BCUT2D eigenvalue weighted by Crippen LogP contribution is 2.31. The van der Waals surface area contributed by atoms with Crippen LogP contribution in [0.2, 0.25) is 0 Å². The lowest BCUT2D eigenvalue weighted by atomic mass is 9.88. The minimum absolute atomic E-state index is 0.183. The molecule has 0 aliphatic carbocycles. The van der Waals surface area contributed by atoms with Crippen molar-refractivity contribution in [3.05, 3.63) is 143 Å². The van der Waals surface area contributed by atoms with Gasteiger partial charge >= 0.3 is 18.0 Å². The summed E-state index contributed by atoms with van der Waals surface area (Å²) < 4.78 is 9.83.